The molecule has 1 aromatic carbocycles. The van der Waals surface area contributed by atoms with Crippen molar-refractivity contribution in [3.63, 3.8) is 0 Å². The topological polar surface area (TPSA) is 84.2 Å². The molecular weight excluding hydrogens is 332 g/mol. The molecule has 25 heavy (non-hydrogen) atoms. The van der Waals surface area contributed by atoms with Gasteiger partial charge in [0.05, 0.1) is 0 Å². The van der Waals surface area contributed by atoms with Gasteiger partial charge in [-0.3, -0.25) is 9.59 Å². The molecular formula is C17H19F2N3O3. The molecule has 1 heterocycles. The number of aromatic nitrogens is 2. The van der Waals surface area contributed by atoms with Crippen molar-refractivity contribution < 1.29 is 23.5 Å². The lowest BCUT2D eigenvalue weighted by Gasteiger charge is -2.25. The Hall–Kier alpha value is -2.77. The molecule has 134 valence electrons. The fraction of sp³-hybridized carbons (Fsp3) is 0.353. The van der Waals surface area contributed by atoms with Gasteiger partial charge in [-0.2, -0.15) is 5.10 Å². The smallest absolute Gasteiger partial charge is 0.303 e. The summed E-state index contributed by atoms with van der Waals surface area (Å²) < 4.78 is 28.7. The first-order valence-corrected chi connectivity index (χ1v) is 7.66. The lowest BCUT2D eigenvalue weighted by molar-refractivity contribution is -0.137. The molecule has 2 aromatic rings. The monoisotopic (exact) mass is 351 g/mol. The zero-order chi connectivity index (χ0) is 18.8. The Bertz CT molecular complexity index is 795. The highest BCUT2D eigenvalue weighted by Gasteiger charge is 2.25. The number of benzene rings is 1. The minimum atomic E-state index is -0.960. The molecule has 2 rings (SSSR count). The van der Waals surface area contributed by atoms with Crippen LogP contribution in [0.3, 0.4) is 0 Å². The zero-order valence-electron chi connectivity index (χ0n) is 14.1. The third-order valence-electron chi connectivity index (χ3n) is 3.69. The SMILES string of the molecule is Cc1cn(-c2c(F)cccc2F)nc1C(=O)NC(C)(C)CCC(=O)O. The number of carboxylic acid groups (broad SMARTS) is 1. The van der Waals surface area contributed by atoms with E-state index in [1.165, 1.54) is 12.3 Å². The average Bonchev–Trinajstić information content (AvgIpc) is 2.86. The van der Waals surface area contributed by atoms with Crippen molar-refractivity contribution in [3.05, 3.63) is 47.3 Å². The summed E-state index contributed by atoms with van der Waals surface area (Å²) in [6, 6.07) is 3.44. The summed E-state index contributed by atoms with van der Waals surface area (Å²) in [5.74, 6) is -3.09. The van der Waals surface area contributed by atoms with Crippen LogP contribution >= 0.6 is 0 Å². The van der Waals surface area contributed by atoms with Gasteiger partial charge in [-0.1, -0.05) is 6.07 Å². The lowest BCUT2D eigenvalue weighted by Crippen LogP contribution is -2.44. The summed E-state index contributed by atoms with van der Waals surface area (Å²) in [7, 11) is 0. The van der Waals surface area contributed by atoms with Crippen LogP contribution < -0.4 is 5.32 Å². The lowest BCUT2D eigenvalue weighted by atomic mass is 9.98. The van der Waals surface area contributed by atoms with E-state index in [4.69, 9.17) is 5.11 Å². The predicted octanol–water partition coefficient (Wildman–Crippen LogP) is 2.83. The normalized spacial score (nSPS) is 11.4. The van der Waals surface area contributed by atoms with Gasteiger partial charge in [0.1, 0.15) is 5.69 Å². The molecule has 2 N–H and O–H groups in total. The highest BCUT2D eigenvalue weighted by atomic mass is 19.1. The van der Waals surface area contributed by atoms with Crippen LogP contribution in [-0.2, 0) is 4.79 Å². The number of rotatable bonds is 6. The number of carboxylic acids is 1. The zero-order valence-corrected chi connectivity index (χ0v) is 14.1. The minimum absolute atomic E-state index is 0.0195. The summed E-state index contributed by atoms with van der Waals surface area (Å²) in [5, 5.41) is 15.4. The van der Waals surface area contributed by atoms with Crippen LogP contribution in [0.5, 0.6) is 0 Å². The maximum atomic E-state index is 13.9. The third-order valence-corrected chi connectivity index (χ3v) is 3.69. The number of carbonyl (C=O) groups is 2. The van der Waals surface area contributed by atoms with Crippen molar-refractivity contribution in [1.82, 2.24) is 15.1 Å². The van der Waals surface area contributed by atoms with Crippen molar-refractivity contribution in [1.29, 1.82) is 0 Å². The first-order valence-electron chi connectivity index (χ1n) is 7.66. The molecule has 1 amide bonds. The van der Waals surface area contributed by atoms with Gasteiger partial charge in [0.15, 0.2) is 17.3 Å². The Kier molecular flexibility index (Phi) is 5.20. The predicted molar refractivity (Wildman–Crippen MR) is 86.6 cm³/mol. The van der Waals surface area contributed by atoms with E-state index in [0.29, 0.717) is 5.56 Å². The van der Waals surface area contributed by atoms with Crippen LogP contribution in [0.4, 0.5) is 8.78 Å². The maximum absolute atomic E-state index is 13.9. The molecule has 0 saturated heterocycles. The van der Waals surface area contributed by atoms with Gasteiger partial charge in [-0.05, 0) is 39.3 Å². The Morgan fingerprint density at radius 1 is 1.28 bits per heavy atom. The van der Waals surface area contributed by atoms with E-state index >= 15 is 0 Å². The average molecular weight is 351 g/mol. The standard InChI is InChI=1S/C17H19F2N3O3/c1-10-9-22(15-11(18)5-4-6-12(15)19)21-14(10)16(25)20-17(2,3)8-7-13(23)24/h4-6,9H,7-8H2,1-3H3,(H,20,25)(H,23,24). The summed E-state index contributed by atoms with van der Waals surface area (Å²) in [6.45, 7) is 4.98. The van der Waals surface area contributed by atoms with Crippen molar-refractivity contribution in [2.45, 2.75) is 39.2 Å². The summed E-state index contributed by atoms with van der Waals surface area (Å²) in [4.78, 5) is 23.1. The second-order valence-corrected chi connectivity index (χ2v) is 6.41. The highest BCUT2D eigenvalue weighted by Crippen LogP contribution is 2.19. The van der Waals surface area contributed by atoms with Gasteiger partial charge in [0.25, 0.3) is 5.91 Å². The van der Waals surface area contributed by atoms with Crippen molar-refractivity contribution in [2.75, 3.05) is 0 Å². The molecule has 0 bridgehead atoms. The molecule has 0 radical (unpaired) electrons. The number of nitrogens with zero attached hydrogens (tertiary/aromatic N) is 2. The molecule has 0 aliphatic carbocycles. The number of aliphatic carboxylic acids is 1. The molecule has 0 fully saturated rings. The first kappa shape index (κ1) is 18.6. The van der Waals surface area contributed by atoms with E-state index < -0.39 is 29.0 Å². The van der Waals surface area contributed by atoms with E-state index in [1.54, 1.807) is 20.8 Å². The third kappa shape index (κ3) is 4.40. The number of amides is 1. The first-order chi connectivity index (χ1) is 11.6. The molecule has 0 aliphatic rings. The number of carbonyl (C=O) groups excluding carboxylic acids is 1. The largest absolute Gasteiger partial charge is 0.481 e. The Morgan fingerprint density at radius 3 is 2.44 bits per heavy atom. The minimum Gasteiger partial charge on any atom is -0.481 e. The van der Waals surface area contributed by atoms with Crippen LogP contribution in [0, 0.1) is 18.6 Å². The quantitative estimate of drug-likeness (QED) is 0.838. The van der Waals surface area contributed by atoms with Crippen LogP contribution in [0.25, 0.3) is 5.69 Å². The number of para-hydroxylation sites is 1. The van der Waals surface area contributed by atoms with Gasteiger partial charge in [-0.25, -0.2) is 13.5 Å². The molecule has 8 heteroatoms. The molecule has 0 aliphatic heterocycles. The maximum Gasteiger partial charge on any atom is 0.303 e. The van der Waals surface area contributed by atoms with Crippen molar-refractivity contribution in [3.8, 4) is 5.69 Å². The summed E-state index contributed by atoms with van der Waals surface area (Å²) >= 11 is 0. The number of aryl methyl sites for hydroxylation is 1. The van der Waals surface area contributed by atoms with E-state index in [9.17, 15) is 18.4 Å². The van der Waals surface area contributed by atoms with Crippen LogP contribution in [0.2, 0.25) is 0 Å². The van der Waals surface area contributed by atoms with Gasteiger partial charge in [0, 0.05) is 23.7 Å². The second kappa shape index (κ2) is 7.00. The number of hydrogen-bond donors (Lipinski definition) is 2. The van der Waals surface area contributed by atoms with Crippen LogP contribution in [0.1, 0.15) is 42.7 Å². The molecule has 0 unspecified atom stereocenters. The molecule has 0 spiro atoms. The summed E-state index contributed by atoms with van der Waals surface area (Å²) in [5.41, 5.74) is -0.676. The van der Waals surface area contributed by atoms with E-state index in [0.717, 1.165) is 16.8 Å². The van der Waals surface area contributed by atoms with E-state index in [2.05, 4.69) is 10.4 Å². The second-order valence-electron chi connectivity index (χ2n) is 6.41. The molecule has 0 atom stereocenters. The summed E-state index contributed by atoms with van der Waals surface area (Å²) in [6.07, 6.45) is 1.50. The van der Waals surface area contributed by atoms with Gasteiger partial charge >= 0.3 is 5.97 Å². The van der Waals surface area contributed by atoms with E-state index in [1.807, 2.05) is 0 Å². The fourth-order valence-electron chi connectivity index (χ4n) is 2.36. The van der Waals surface area contributed by atoms with Gasteiger partial charge in [-0.15, -0.1) is 0 Å². The van der Waals surface area contributed by atoms with Crippen LogP contribution in [0.15, 0.2) is 24.4 Å². The Labute approximate surface area is 143 Å². The molecule has 6 nitrogen and oxygen atoms in total. The molecule has 1 aromatic heterocycles. The number of halogens is 2. The highest BCUT2D eigenvalue weighted by molar-refractivity contribution is 5.94. The Morgan fingerprint density at radius 2 is 1.88 bits per heavy atom. The van der Waals surface area contributed by atoms with Gasteiger partial charge in [0.2, 0.25) is 0 Å². The number of nitrogens with one attached hydrogen (secondary N) is 1. The van der Waals surface area contributed by atoms with Gasteiger partial charge < -0.3 is 10.4 Å². The van der Waals surface area contributed by atoms with E-state index in [-0.39, 0.29) is 24.2 Å². The fourth-order valence-corrected chi connectivity index (χ4v) is 2.36. The van der Waals surface area contributed by atoms with Crippen LogP contribution in [-0.4, -0.2) is 32.3 Å². The Balaban J connectivity index is 2.25. The van der Waals surface area contributed by atoms with Crippen molar-refractivity contribution >= 4 is 11.9 Å². The van der Waals surface area contributed by atoms with Crippen molar-refractivity contribution in [2.24, 2.45) is 0 Å². The molecule has 0 saturated carbocycles. The number of hydrogen-bond acceptors (Lipinski definition) is 3.